The van der Waals surface area contributed by atoms with Crippen LogP contribution in [-0.2, 0) is 0 Å². The Labute approximate surface area is 129 Å². The van der Waals surface area contributed by atoms with Gasteiger partial charge in [0, 0.05) is 17.1 Å². The number of hydrogen-bond acceptors (Lipinski definition) is 9. The molecule has 3 heterocycles. The van der Waals surface area contributed by atoms with Gasteiger partial charge >= 0.3 is 6.01 Å². The zero-order chi connectivity index (χ0) is 14.9. The molecule has 3 aromatic rings. The summed E-state index contributed by atoms with van der Waals surface area (Å²) in [7, 11) is 0. The van der Waals surface area contributed by atoms with Crippen LogP contribution in [0.2, 0.25) is 0 Å². The molecule has 22 heavy (non-hydrogen) atoms. The second kappa shape index (κ2) is 5.19. The van der Waals surface area contributed by atoms with Crippen LogP contribution < -0.4 is 20.5 Å². The van der Waals surface area contributed by atoms with E-state index in [4.69, 9.17) is 19.6 Å². The molecule has 3 N–H and O–H groups in total. The van der Waals surface area contributed by atoms with E-state index in [9.17, 15) is 0 Å². The molecule has 1 aliphatic heterocycles. The van der Waals surface area contributed by atoms with Crippen LogP contribution in [0.1, 0.15) is 0 Å². The van der Waals surface area contributed by atoms with Crippen LogP contribution in [0.25, 0.3) is 11.6 Å². The van der Waals surface area contributed by atoms with E-state index in [0.29, 0.717) is 30.3 Å². The van der Waals surface area contributed by atoms with Crippen molar-refractivity contribution in [2.75, 3.05) is 24.3 Å². The van der Waals surface area contributed by atoms with Gasteiger partial charge in [-0.15, -0.1) is 5.10 Å². The van der Waals surface area contributed by atoms with Gasteiger partial charge in [-0.1, -0.05) is 5.10 Å². The number of anilines is 3. The van der Waals surface area contributed by atoms with E-state index in [1.54, 1.807) is 5.38 Å². The highest BCUT2D eigenvalue weighted by Gasteiger charge is 2.16. The van der Waals surface area contributed by atoms with Crippen LogP contribution in [-0.4, -0.2) is 27.8 Å². The van der Waals surface area contributed by atoms with Gasteiger partial charge in [0.25, 0.3) is 5.89 Å². The molecule has 9 heteroatoms. The average molecular weight is 317 g/mol. The maximum atomic E-state index is 5.78. The summed E-state index contributed by atoms with van der Waals surface area (Å²) in [6, 6.07) is 5.73. The van der Waals surface area contributed by atoms with Crippen molar-refractivity contribution in [3.8, 4) is 23.1 Å². The molecule has 0 aliphatic carbocycles. The lowest BCUT2D eigenvalue weighted by Gasteiger charge is -2.18. The van der Waals surface area contributed by atoms with Crippen molar-refractivity contribution in [3.05, 3.63) is 23.6 Å². The van der Waals surface area contributed by atoms with Crippen LogP contribution in [0.15, 0.2) is 28.0 Å². The lowest BCUT2D eigenvalue weighted by molar-refractivity contribution is 0.171. The summed E-state index contributed by atoms with van der Waals surface area (Å²) in [4.78, 5) is 0. The molecule has 1 aromatic carbocycles. The molecule has 8 nitrogen and oxygen atoms in total. The van der Waals surface area contributed by atoms with Crippen LogP contribution in [0.3, 0.4) is 0 Å². The molecule has 2 aromatic heterocycles. The number of nitrogens with one attached hydrogen (secondary N) is 1. The SMILES string of the molecule is Nc1csnc1-c1nnc(Nc2ccc3c(c2)OCCO3)o1. The zero-order valence-corrected chi connectivity index (χ0v) is 12.1. The first-order chi connectivity index (χ1) is 10.8. The third-order valence-corrected chi connectivity index (χ3v) is 3.67. The van der Waals surface area contributed by atoms with Crippen LogP contribution >= 0.6 is 11.5 Å². The van der Waals surface area contributed by atoms with E-state index in [2.05, 4.69) is 19.9 Å². The Kier molecular flexibility index (Phi) is 3.04. The van der Waals surface area contributed by atoms with Crippen molar-refractivity contribution in [2.24, 2.45) is 0 Å². The lowest BCUT2D eigenvalue weighted by atomic mass is 10.2. The number of nitrogens with zero attached hydrogens (tertiary/aromatic N) is 3. The minimum atomic E-state index is 0.249. The number of ether oxygens (including phenoxy) is 2. The van der Waals surface area contributed by atoms with E-state index in [1.807, 2.05) is 18.2 Å². The second-order valence-electron chi connectivity index (χ2n) is 4.51. The first-order valence-corrected chi connectivity index (χ1v) is 7.33. The number of benzene rings is 1. The van der Waals surface area contributed by atoms with E-state index < -0.39 is 0 Å². The van der Waals surface area contributed by atoms with Crippen molar-refractivity contribution in [3.63, 3.8) is 0 Å². The van der Waals surface area contributed by atoms with Gasteiger partial charge in [-0.3, -0.25) is 0 Å². The molecular weight excluding hydrogens is 306 g/mol. The van der Waals surface area contributed by atoms with E-state index in [0.717, 1.165) is 11.4 Å². The molecule has 4 rings (SSSR count). The minimum absolute atomic E-state index is 0.249. The summed E-state index contributed by atoms with van der Waals surface area (Å²) >= 11 is 1.24. The topological polar surface area (TPSA) is 108 Å². The summed E-state index contributed by atoms with van der Waals surface area (Å²) in [5, 5.41) is 12.6. The molecular formula is C13H11N5O3S. The van der Waals surface area contributed by atoms with Crippen molar-refractivity contribution < 1.29 is 13.9 Å². The molecule has 0 bridgehead atoms. The first-order valence-electron chi connectivity index (χ1n) is 6.50. The van der Waals surface area contributed by atoms with E-state index >= 15 is 0 Å². The van der Waals surface area contributed by atoms with Gasteiger partial charge in [0.1, 0.15) is 13.2 Å². The number of rotatable bonds is 3. The molecule has 0 saturated carbocycles. The number of fused-ring (bicyclic) bond motifs is 1. The van der Waals surface area contributed by atoms with Crippen LogP contribution in [0.5, 0.6) is 11.5 Å². The number of nitrogens with two attached hydrogens (primary N) is 1. The molecule has 0 unspecified atom stereocenters. The van der Waals surface area contributed by atoms with Crippen LogP contribution in [0, 0.1) is 0 Å². The Morgan fingerprint density at radius 3 is 2.82 bits per heavy atom. The quantitative estimate of drug-likeness (QED) is 0.757. The Morgan fingerprint density at radius 1 is 1.14 bits per heavy atom. The molecule has 0 fully saturated rings. The van der Waals surface area contributed by atoms with Gasteiger partial charge in [-0.2, -0.15) is 4.37 Å². The average Bonchev–Trinajstić information content (AvgIpc) is 3.16. The van der Waals surface area contributed by atoms with Crippen molar-refractivity contribution in [1.29, 1.82) is 0 Å². The number of nitrogen functional groups attached to an aromatic ring is 1. The molecule has 0 amide bonds. The smallest absolute Gasteiger partial charge is 0.320 e. The van der Waals surface area contributed by atoms with Gasteiger partial charge in [0.05, 0.1) is 5.69 Å². The number of hydrogen-bond donors (Lipinski definition) is 2. The predicted molar refractivity (Wildman–Crippen MR) is 80.5 cm³/mol. The fourth-order valence-electron chi connectivity index (χ4n) is 2.02. The fourth-order valence-corrected chi connectivity index (χ4v) is 2.59. The highest BCUT2D eigenvalue weighted by atomic mass is 32.1. The first kappa shape index (κ1) is 12.9. The largest absolute Gasteiger partial charge is 0.486 e. The van der Waals surface area contributed by atoms with Gasteiger partial charge in [-0.05, 0) is 23.7 Å². The Bertz CT molecular complexity index is 816. The monoisotopic (exact) mass is 317 g/mol. The molecule has 1 aliphatic rings. The predicted octanol–water partition coefficient (Wildman–Crippen LogP) is 2.29. The maximum Gasteiger partial charge on any atom is 0.320 e. The third kappa shape index (κ3) is 2.31. The highest BCUT2D eigenvalue weighted by Crippen LogP contribution is 2.34. The van der Waals surface area contributed by atoms with Crippen molar-refractivity contribution >= 4 is 28.9 Å². The zero-order valence-electron chi connectivity index (χ0n) is 11.3. The van der Waals surface area contributed by atoms with Gasteiger partial charge in [-0.25, -0.2) is 0 Å². The summed E-state index contributed by atoms with van der Waals surface area (Å²) in [5.41, 5.74) is 7.54. The second-order valence-corrected chi connectivity index (χ2v) is 5.14. The summed E-state index contributed by atoms with van der Waals surface area (Å²) in [5.74, 6) is 1.68. The molecule has 0 spiro atoms. The van der Waals surface area contributed by atoms with Crippen molar-refractivity contribution in [1.82, 2.24) is 14.6 Å². The van der Waals surface area contributed by atoms with Gasteiger partial charge in [0.15, 0.2) is 17.2 Å². The van der Waals surface area contributed by atoms with E-state index in [-0.39, 0.29) is 11.9 Å². The summed E-state index contributed by atoms with van der Waals surface area (Å²) in [6.07, 6.45) is 0. The Morgan fingerprint density at radius 2 is 2.00 bits per heavy atom. The normalized spacial score (nSPS) is 13.1. The minimum Gasteiger partial charge on any atom is -0.486 e. The molecule has 0 atom stereocenters. The Hall–Kier alpha value is -2.81. The van der Waals surface area contributed by atoms with Crippen molar-refractivity contribution in [2.45, 2.75) is 0 Å². The molecule has 0 radical (unpaired) electrons. The molecule has 112 valence electrons. The maximum absolute atomic E-state index is 5.78. The fraction of sp³-hybridized carbons (Fsp3) is 0.154. The van der Waals surface area contributed by atoms with Crippen LogP contribution in [0.4, 0.5) is 17.4 Å². The lowest BCUT2D eigenvalue weighted by Crippen LogP contribution is -2.15. The third-order valence-electron chi connectivity index (χ3n) is 3.02. The summed E-state index contributed by atoms with van der Waals surface area (Å²) < 4.78 is 20.6. The number of aromatic nitrogens is 3. The highest BCUT2D eigenvalue weighted by molar-refractivity contribution is 7.04. The van der Waals surface area contributed by atoms with Gasteiger partial charge in [0.2, 0.25) is 0 Å². The Balaban J connectivity index is 1.57. The standard InChI is InChI=1S/C13H11N5O3S/c14-8-6-22-18-11(8)12-16-17-13(21-12)15-7-1-2-9-10(5-7)20-4-3-19-9/h1-2,5-6H,3-4,14H2,(H,15,17). The van der Waals surface area contributed by atoms with E-state index in [1.165, 1.54) is 11.5 Å². The van der Waals surface area contributed by atoms with Gasteiger partial charge < -0.3 is 24.9 Å². The molecule has 0 saturated heterocycles. The summed E-state index contributed by atoms with van der Waals surface area (Å²) in [6.45, 7) is 1.09.